The van der Waals surface area contributed by atoms with Crippen LogP contribution < -0.4 is 10.1 Å². The molecular formula is C26H31N3OS. The summed E-state index contributed by atoms with van der Waals surface area (Å²) in [5, 5.41) is 4.31. The molecule has 0 spiro atoms. The molecule has 0 amide bonds. The predicted molar refractivity (Wildman–Crippen MR) is 130 cm³/mol. The number of ether oxygens (including phenoxy) is 1. The second kappa shape index (κ2) is 8.64. The van der Waals surface area contributed by atoms with Gasteiger partial charge in [-0.05, 0) is 87.5 Å². The summed E-state index contributed by atoms with van der Waals surface area (Å²) >= 11 is 1.78. The molecule has 1 atom stereocenters. The fourth-order valence-electron chi connectivity index (χ4n) is 5.04. The zero-order valence-electron chi connectivity index (χ0n) is 18.6. The van der Waals surface area contributed by atoms with E-state index in [4.69, 9.17) is 9.72 Å². The summed E-state index contributed by atoms with van der Waals surface area (Å²) in [4.78, 5) is 8.74. The molecule has 1 N–H and O–H groups in total. The smallest absolute Gasteiger partial charge is 0.142 e. The Labute approximate surface area is 189 Å². The second-order valence-corrected chi connectivity index (χ2v) is 9.86. The van der Waals surface area contributed by atoms with E-state index >= 15 is 0 Å². The van der Waals surface area contributed by atoms with Crippen LogP contribution in [0, 0.1) is 0 Å². The van der Waals surface area contributed by atoms with Gasteiger partial charge in [-0.2, -0.15) is 0 Å². The average Bonchev–Trinajstić information content (AvgIpc) is 3.53. The number of anilines is 1. The zero-order valence-corrected chi connectivity index (χ0v) is 19.5. The summed E-state index contributed by atoms with van der Waals surface area (Å²) in [5.74, 6) is 0.881. The molecule has 0 bridgehead atoms. The fourth-order valence-corrected chi connectivity index (χ4v) is 6.01. The first kappa shape index (κ1) is 20.5. The molecule has 2 aromatic carbocycles. The lowest BCUT2D eigenvalue weighted by atomic mass is 10.0. The Hall–Kier alpha value is -2.37. The minimum atomic E-state index is 0.147. The zero-order chi connectivity index (χ0) is 21.4. The van der Waals surface area contributed by atoms with Gasteiger partial charge < -0.3 is 10.1 Å². The number of likely N-dealkylation sites (tertiary alicyclic amines) is 1. The summed E-state index contributed by atoms with van der Waals surface area (Å²) < 4.78 is 5.92. The molecule has 0 radical (unpaired) electrons. The number of thiazole rings is 1. The summed E-state index contributed by atoms with van der Waals surface area (Å²) in [5.41, 5.74) is 6.57. The third kappa shape index (κ3) is 3.97. The Morgan fingerprint density at radius 2 is 2.00 bits per heavy atom. The Morgan fingerprint density at radius 3 is 2.77 bits per heavy atom. The minimum absolute atomic E-state index is 0.147. The third-order valence-electron chi connectivity index (χ3n) is 6.45. The van der Waals surface area contributed by atoms with Crippen LogP contribution in [0.2, 0.25) is 0 Å². The van der Waals surface area contributed by atoms with Crippen molar-refractivity contribution in [1.29, 1.82) is 0 Å². The third-order valence-corrected chi connectivity index (χ3v) is 7.53. The Kier molecular flexibility index (Phi) is 5.72. The van der Waals surface area contributed by atoms with Crippen molar-refractivity contribution in [1.82, 2.24) is 9.88 Å². The lowest BCUT2D eigenvalue weighted by Crippen LogP contribution is -2.23. The normalized spacial score (nSPS) is 18.5. The lowest BCUT2D eigenvalue weighted by molar-refractivity contribution is 0.244. The van der Waals surface area contributed by atoms with Crippen LogP contribution >= 0.6 is 11.3 Å². The highest BCUT2D eigenvalue weighted by Gasteiger charge is 2.31. The highest BCUT2D eigenvalue weighted by Crippen LogP contribution is 2.44. The molecule has 162 valence electrons. The van der Waals surface area contributed by atoms with Crippen LogP contribution in [0.5, 0.6) is 5.75 Å². The topological polar surface area (TPSA) is 37.4 Å². The summed E-state index contributed by atoms with van der Waals surface area (Å²) in [7, 11) is 1.93. The summed E-state index contributed by atoms with van der Waals surface area (Å²) in [6, 6.07) is 13.8. The van der Waals surface area contributed by atoms with Gasteiger partial charge in [0.05, 0.1) is 16.7 Å². The number of nitrogens with zero attached hydrogens (tertiary/aromatic N) is 2. The van der Waals surface area contributed by atoms with E-state index in [0.717, 1.165) is 22.0 Å². The Morgan fingerprint density at radius 1 is 1.16 bits per heavy atom. The van der Waals surface area contributed by atoms with E-state index in [2.05, 4.69) is 46.7 Å². The quantitative estimate of drug-likeness (QED) is 0.489. The maximum Gasteiger partial charge on any atom is 0.142 e. The van der Waals surface area contributed by atoms with Crippen molar-refractivity contribution >= 4 is 17.0 Å². The van der Waals surface area contributed by atoms with Gasteiger partial charge in [0.15, 0.2) is 0 Å². The van der Waals surface area contributed by atoms with Crippen molar-refractivity contribution < 1.29 is 4.74 Å². The summed E-state index contributed by atoms with van der Waals surface area (Å²) in [6.07, 6.45) is 7.31. The number of nitrogens with one attached hydrogen (secondary N) is 1. The molecule has 1 fully saturated rings. The molecule has 4 nitrogen and oxygen atoms in total. The number of aromatic nitrogens is 1. The molecular weight excluding hydrogens is 402 g/mol. The van der Waals surface area contributed by atoms with Gasteiger partial charge >= 0.3 is 0 Å². The molecule has 2 aliphatic rings. The molecule has 1 unspecified atom stereocenters. The maximum atomic E-state index is 5.92. The lowest BCUT2D eigenvalue weighted by Gasteiger charge is -2.24. The van der Waals surface area contributed by atoms with Crippen molar-refractivity contribution in [3.8, 4) is 26.8 Å². The molecule has 1 saturated heterocycles. The highest BCUT2D eigenvalue weighted by atomic mass is 32.1. The first-order chi connectivity index (χ1) is 15.1. The second-order valence-electron chi connectivity index (χ2n) is 8.83. The van der Waals surface area contributed by atoms with Crippen molar-refractivity contribution in [3.05, 3.63) is 53.7 Å². The molecule has 1 aliphatic carbocycles. The highest BCUT2D eigenvalue weighted by molar-refractivity contribution is 7.18. The van der Waals surface area contributed by atoms with Gasteiger partial charge in [-0.3, -0.25) is 4.90 Å². The largest absolute Gasteiger partial charge is 0.489 e. The van der Waals surface area contributed by atoms with Crippen molar-refractivity contribution in [3.63, 3.8) is 0 Å². The predicted octanol–water partition coefficient (Wildman–Crippen LogP) is 6.39. The minimum Gasteiger partial charge on any atom is -0.489 e. The number of hydrogen-bond donors (Lipinski definition) is 1. The van der Waals surface area contributed by atoms with Crippen LogP contribution in [0.25, 0.3) is 21.0 Å². The van der Waals surface area contributed by atoms with Gasteiger partial charge in [-0.1, -0.05) is 18.2 Å². The molecule has 1 aromatic heterocycles. The number of benzene rings is 2. The van der Waals surface area contributed by atoms with Crippen LogP contribution in [0.4, 0.5) is 5.69 Å². The van der Waals surface area contributed by atoms with Gasteiger partial charge in [0.2, 0.25) is 0 Å². The van der Waals surface area contributed by atoms with Crippen LogP contribution in [-0.4, -0.2) is 36.1 Å². The number of fused-ring (bicyclic) bond motifs is 1. The van der Waals surface area contributed by atoms with E-state index in [1.165, 1.54) is 54.8 Å². The van der Waals surface area contributed by atoms with Crippen LogP contribution in [0.1, 0.15) is 50.3 Å². The van der Waals surface area contributed by atoms with Crippen molar-refractivity contribution in [2.75, 3.05) is 25.5 Å². The van der Waals surface area contributed by atoms with Crippen LogP contribution in [0.3, 0.4) is 0 Å². The van der Waals surface area contributed by atoms with Crippen molar-refractivity contribution in [2.45, 2.75) is 51.7 Å². The Bertz CT molecular complexity index is 1070. The number of hydrogen-bond acceptors (Lipinski definition) is 5. The van der Waals surface area contributed by atoms with E-state index in [0.29, 0.717) is 6.04 Å². The van der Waals surface area contributed by atoms with E-state index in [-0.39, 0.29) is 6.10 Å². The summed E-state index contributed by atoms with van der Waals surface area (Å²) in [6.45, 7) is 6.60. The van der Waals surface area contributed by atoms with E-state index in [1.807, 2.05) is 27.0 Å². The molecule has 0 saturated carbocycles. The van der Waals surface area contributed by atoms with E-state index in [9.17, 15) is 0 Å². The first-order valence-electron chi connectivity index (χ1n) is 11.4. The van der Waals surface area contributed by atoms with Gasteiger partial charge in [-0.25, -0.2) is 4.98 Å². The molecule has 31 heavy (non-hydrogen) atoms. The van der Waals surface area contributed by atoms with Crippen LogP contribution in [-0.2, 0) is 6.42 Å². The van der Waals surface area contributed by atoms with Crippen molar-refractivity contribution in [2.24, 2.45) is 0 Å². The van der Waals surface area contributed by atoms with Gasteiger partial charge in [0, 0.05) is 24.8 Å². The standard InChI is InChI=1S/C26H31N3OS/c1-17(2)30-24-12-9-18(15-22(24)27-3)26-28-16-25(31-26)21-8-6-7-20-19(21)10-11-23(20)29-13-4-5-14-29/h6-9,12,15-17,23,27H,4-5,10-11,13-14H2,1-3H3. The van der Waals surface area contributed by atoms with E-state index < -0.39 is 0 Å². The molecule has 1 aliphatic heterocycles. The Balaban J connectivity index is 1.44. The van der Waals surface area contributed by atoms with Gasteiger partial charge in [-0.15, -0.1) is 11.3 Å². The molecule has 3 aromatic rings. The van der Waals surface area contributed by atoms with Crippen LogP contribution in [0.15, 0.2) is 42.6 Å². The van der Waals surface area contributed by atoms with E-state index in [1.54, 1.807) is 16.9 Å². The SMILES string of the molecule is CNc1cc(-c2ncc(-c3cccc4c3CCC4N3CCCC3)s2)ccc1OC(C)C. The number of rotatable bonds is 6. The first-order valence-corrected chi connectivity index (χ1v) is 12.3. The fraction of sp³-hybridized carbons (Fsp3) is 0.423. The average molecular weight is 434 g/mol. The molecule has 5 rings (SSSR count). The van der Waals surface area contributed by atoms with Gasteiger partial charge in [0.25, 0.3) is 0 Å². The monoisotopic (exact) mass is 433 g/mol. The maximum absolute atomic E-state index is 5.92. The molecule has 2 heterocycles. The van der Waals surface area contributed by atoms with Gasteiger partial charge in [0.1, 0.15) is 10.8 Å². The molecule has 5 heteroatoms.